The Labute approximate surface area is 126 Å². The van der Waals surface area contributed by atoms with Crippen LogP contribution in [0, 0.1) is 0 Å². The monoisotopic (exact) mass is 284 g/mol. The molecule has 21 heavy (non-hydrogen) atoms. The summed E-state index contributed by atoms with van der Waals surface area (Å²) in [6.07, 6.45) is 6.96. The quantitative estimate of drug-likeness (QED) is 0.942. The van der Waals surface area contributed by atoms with Gasteiger partial charge in [-0.15, -0.1) is 5.10 Å². The van der Waals surface area contributed by atoms with E-state index in [1.54, 1.807) is 0 Å². The van der Waals surface area contributed by atoms with E-state index in [1.165, 1.54) is 36.1 Å². The molecule has 0 saturated carbocycles. The van der Waals surface area contributed by atoms with Crippen molar-refractivity contribution >= 4 is 0 Å². The second kappa shape index (κ2) is 5.60. The second-order valence-corrected chi connectivity index (χ2v) is 6.88. The summed E-state index contributed by atoms with van der Waals surface area (Å²) < 4.78 is 1.93. The highest BCUT2D eigenvalue weighted by molar-refractivity contribution is 5.46. The van der Waals surface area contributed by atoms with Gasteiger partial charge in [0, 0.05) is 12.1 Å². The molecular formula is C17H24N4. The number of aromatic nitrogens is 3. The molecule has 2 aromatic rings. The van der Waals surface area contributed by atoms with E-state index in [9.17, 15) is 0 Å². The Kier molecular flexibility index (Phi) is 3.81. The first-order chi connectivity index (χ1) is 10.0. The molecule has 0 fully saturated rings. The van der Waals surface area contributed by atoms with Crippen molar-refractivity contribution in [3.8, 4) is 5.69 Å². The van der Waals surface area contributed by atoms with Gasteiger partial charge in [-0.1, -0.05) is 17.3 Å². The van der Waals surface area contributed by atoms with E-state index in [2.05, 4.69) is 54.6 Å². The third-order valence-electron chi connectivity index (χ3n) is 3.96. The SMILES string of the molecule is CC(C)(C)NCc1cn(-c2cccc3c2CCCC3)nn1. The molecule has 0 saturated heterocycles. The number of nitrogens with one attached hydrogen (secondary N) is 1. The number of aryl methyl sites for hydroxylation is 1. The van der Waals surface area contributed by atoms with Crippen LogP contribution in [0.2, 0.25) is 0 Å². The molecule has 1 aliphatic carbocycles. The summed E-state index contributed by atoms with van der Waals surface area (Å²) >= 11 is 0. The van der Waals surface area contributed by atoms with Crippen LogP contribution in [-0.4, -0.2) is 20.5 Å². The Morgan fingerprint density at radius 2 is 2.00 bits per heavy atom. The molecule has 0 aliphatic heterocycles. The molecule has 112 valence electrons. The second-order valence-electron chi connectivity index (χ2n) is 6.88. The molecular weight excluding hydrogens is 260 g/mol. The van der Waals surface area contributed by atoms with Gasteiger partial charge < -0.3 is 5.32 Å². The molecule has 4 nitrogen and oxygen atoms in total. The van der Waals surface area contributed by atoms with E-state index in [1.807, 2.05) is 10.9 Å². The maximum atomic E-state index is 4.32. The Balaban J connectivity index is 1.83. The first-order valence-electron chi connectivity index (χ1n) is 7.80. The zero-order valence-corrected chi connectivity index (χ0v) is 13.2. The smallest absolute Gasteiger partial charge is 0.0969 e. The number of fused-ring (bicyclic) bond motifs is 1. The van der Waals surface area contributed by atoms with Gasteiger partial charge in [-0.25, -0.2) is 4.68 Å². The zero-order chi connectivity index (χ0) is 14.9. The average molecular weight is 284 g/mol. The fraction of sp³-hybridized carbons (Fsp3) is 0.529. The van der Waals surface area contributed by atoms with E-state index in [0.29, 0.717) is 0 Å². The number of hydrogen-bond donors (Lipinski definition) is 1. The molecule has 0 atom stereocenters. The minimum absolute atomic E-state index is 0.0929. The number of rotatable bonds is 3. The van der Waals surface area contributed by atoms with Crippen molar-refractivity contribution in [1.29, 1.82) is 0 Å². The topological polar surface area (TPSA) is 42.7 Å². The number of nitrogens with zero attached hydrogens (tertiary/aromatic N) is 3. The lowest BCUT2D eigenvalue weighted by atomic mass is 9.90. The highest BCUT2D eigenvalue weighted by Crippen LogP contribution is 2.26. The van der Waals surface area contributed by atoms with Crippen molar-refractivity contribution in [3.63, 3.8) is 0 Å². The van der Waals surface area contributed by atoms with Gasteiger partial charge in [0.25, 0.3) is 0 Å². The van der Waals surface area contributed by atoms with Crippen molar-refractivity contribution in [1.82, 2.24) is 20.3 Å². The van der Waals surface area contributed by atoms with Crippen LogP contribution in [0.25, 0.3) is 5.69 Å². The summed E-state index contributed by atoms with van der Waals surface area (Å²) in [6.45, 7) is 7.22. The molecule has 1 heterocycles. The average Bonchev–Trinajstić information content (AvgIpc) is 2.92. The molecule has 1 aromatic heterocycles. The zero-order valence-electron chi connectivity index (χ0n) is 13.2. The largest absolute Gasteiger partial charge is 0.306 e. The van der Waals surface area contributed by atoms with Crippen molar-refractivity contribution in [2.24, 2.45) is 0 Å². The van der Waals surface area contributed by atoms with Gasteiger partial charge in [-0.2, -0.15) is 0 Å². The van der Waals surface area contributed by atoms with E-state index in [4.69, 9.17) is 0 Å². The Bertz CT molecular complexity index is 622. The van der Waals surface area contributed by atoms with Gasteiger partial charge in [-0.3, -0.25) is 0 Å². The minimum Gasteiger partial charge on any atom is -0.306 e. The first kappa shape index (κ1) is 14.3. The van der Waals surface area contributed by atoms with Crippen LogP contribution in [0.15, 0.2) is 24.4 Å². The highest BCUT2D eigenvalue weighted by atomic mass is 15.4. The van der Waals surface area contributed by atoms with Crippen molar-refractivity contribution in [3.05, 3.63) is 41.2 Å². The summed E-state index contributed by atoms with van der Waals surface area (Å²) in [5.74, 6) is 0. The molecule has 0 unspecified atom stereocenters. The minimum atomic E-state index is 0.0929. The number of benzene rings is 1. The maximum absolute atomic E-state index is 4.32. The molecule has 1 aromatic carbocycles. The lowest BCUT2D eigenvalue weighted by Gasteiger charge is -2.19. The molecule has 4 heteroatoms. The van der Waals surface area contributed by atoms with Crippen LogP contribution >= 0.6 is 0 Å². The summed E-state index contributed by atoms with van der Waals surface area (Å²) in [5, 5.41) is 12.1. The van der Waals surface area contributed by atoms with Crippen molar-refractivity contribution in [2.45, 2.75) is 58.5 Å². The van der Waals surface area contributed by atoms with Crippen molar-refractivity contribution in [2.75, 3.05) is 0 Å². The Hall–Kier alpha value is -1.68. The molecule has 0 spiro atoms. The molecule has 3 rings (SSSR count). The van der Waals surface area contributed by atoms with Crippen LogP contribution in [0.4, 0.5) is 0 Å². The van der Waals surface area contributed by atoms with Gasteiger partial charge >= 0.3 is 0 Å². The molecule has 0 bridgehead atoms. The summed E-state index contributed by atoms with van der Waals surface area (Å²) in [5.41, 5.74) is 5.20. The molecule has 1 aliphatic rings. The highest BCUT2D eigenvalue weighted by Gasteiger charge is 2.15. The van der Waals surface area contributed by atoms with Crippen LogP contribution in [-0.2, 0) is 19.4 Å². The third kappa shape index (κ3) is 3.32. The van der Waals surface area contributed by atoms with Gasteiger partial charge in [-0.05, 0) is 63.6 Å². The first-order valence-corrected chi connectivity index (χ1v) is 7.80. The van der Waals surface area contributed by atoms with Crippen LogP contribution in [0.3, 0.4) is 0 Å². The number of hydrogen-bond acceptors (Lipinski definition) is 3. The fourth-order valence-corrected chi connectivity index (χ4v) is 2.83. The van der Waals surface area contributed by atoms with Crippen LogP contribution < -0.4 is 5.32 Å². The van der Waals surface area contributed by atoms with Gasteiger partial charge in [0.15, 0.2) is 0 Å². The summed E-state index contributed by atoms with van der Waals surface area (Å²) in [6, 6.07) is 6.53. The predicted molar refractivity (Wildman–Crippen MR) is 84.6 cm³/mol. The molecule has 1 N–H and O–H groups in total. The van der Waals surface area contributed by atoms with Gasteiger partial charge in [0.05, 0.1) is 17.6 Å². The van der Waals surface area contributed by atoms with Crippen molar-refractivity contribution < 1.29 is 0 Å². The van der Waals surface area contributed by atoms with E-state index >= 15 is 0 Å². The predicted octanol–water partition coefficient (Wildman–Crippen LogP) is 3.03. The van der Waals surface area contributed by atoms with Crippen LogP contribution in [0.5, 0.6) is 0 Å². The van der Waals surface area contributed by atoms with E-state index < -0.39 is 0 Å². The Morgan fingerprint density at radius 1 is 1.19 bits per heavy atom. The fourth-order valence-electron chi connectivity index (χ4n) is 2.83. The van der Waals surface area contributed by atoms with E-state index in [0.717, 1.165) is 18.7 Å². The lowest BCUT2D eigenvalue weighted by molar-refractivity contribution is 0.421. The molecule has 0 radical (unpaired) electrons. The summed E-state index contributed by atoms with van der Waals surface area (Å²) in [4.78, 5) is 0. The standard InChI is InChI=1S/C17H24N4/c1-17(2,3)18-11-14-12-21(20-19-14)16-10-6-8-13-7-4-5-9-15(13)16/h6,8,10,12,18H,4-5,7,9,11H2,1-3H3. The third-order valence-corrected chi connectivity index (χ3v) is 3.96. The molecule has 0 amide bonds. The lowest BCUT2D eigenvalue weighted by Crippen LogP contribution is -2.35. The van der Waals surface area contributed by atoms with Gasteiger partial charge in [0.1, 0.15) is 0 Å². The normalized spacial score (nSPS) is 15.0. The Morgan fingerprint density at radius 3 is 2.81 bits per heavy atom. The summed E-state index contributed by atoms with van der Waals surface area (Å²) in [7, 11) is 0. The van der Waals surface area contributed by atoms with Gasteiger partial charge in [0.2, 0.25) is 0 Å². The van der Waals surface area contributed by atoms with Crippen LogP contribution in [0.1, 0.15) is 50.4 Å². The maximum Gasteiger partial charge on any atom is 0.0969 e. The van der Waals surface area contributed by atoms with E-state index in [-0.39, 0.29) is 5.54 Å².